The van der Waals surface area contributed by atoms with Gasteiger partial charge < -0.3 is 23.8 Å². The Morgan fingerprint density at radius 2 is 1.12 bits per heavy atom. The highest BCUT2D eigenvalue weighted by Gasteiger charge is 2.31. The molecule has 0 rings (SSSR count). The molecule has 286 valence electrons. The Bertz CT molecular complexity index is 1010. The van der Waals surface area contributed by atoms with Crippen LogP contribution >= 0.6 is 0 Å². The smallest absolute Gasteiger partial charge is 0.362 e. The topological polar surface area (TPSA) is 99.1 Å². The molecule has 8 heteroatoms. The number of quaternary nitrogens is 1. The summed E-state index contributed by atoms with van der Waals surface area (Å²) in [6, 6.07) is -0.622. The van der Waals surface area contributed by atoms with Gasteiger partial charge in [0.05, 0.1) is 34.4 Å². The van der Waals surface area contributed by atoms with Crippen molar-refractivity contribution < 1.29 is 38.2 Å². The first kappa shape index (κ1) is 47.0. The molecule has 0 saturated heterocycles. The van der Waals surface area contributed by atoms with Gasteiger partial charge in [-0.1, -0.05) is 145 Å². The molecule has 0 fully saturated rings. The summed E-state index contributed by atoms with van der Waals surface area (Å²) in [4.78, 5) is 36.8. The average molecular weight is 703 g/mol. The summed E-state index contributed by atoms with van der Waals surface area (Å²) in [5, 5.41) is 9.58. The van der Waals surface area contributed by atoms with Crippen LogP contribution in [0.4, 0.5) is 0 Å². The van der Waals surface area contributed by atoms with Gasteiger partial charge in [-0.15, -0.1) is 0 Å². The molecule has 0 aromatic rings. The number of hydrogen-bond donors (Lipinski definition) is 1. The molecule has 0 aromatic heterocycles. The van der Waals surface area contributed by atoms with E-state index in [1.807, 2.05) is 69.8 Å². The van der Waals surface area contributed by atoms with E-state index >= 15 is 0 Å². The standard InChI is InChI=1S/C42H71NO7/c1-6-8-10-12-14-16-18-19-20-21-23-25-27-29-31-33-41(45)50-38(36-48-35-34-39(42(46)47)43(3,4)5)37-49-40(44)32-30-28-26-24-22-17-15-13-11-9-7-2/h8,10,12,14,16,18-21,23,38-39H,6-7,9,11,13,15,17,22,24-37H2,1-5H3/p+1/b10-8+,14-12+,18-16+,20-19+,23-21+. The molecule has 0 bridgehead atoms. The Balaban J connectivity index is 4.53. The van der Waals surface area contributed by atoms with Gasteiger partial charge in [-0.05, 0) is 32.1 Å². The fourth-order valence-corrected chi connectivity index (χ4v) is 5.29. The highest BCUT2D eigenvalue weighted by Crippen LogP contribution is 2.13. The molecule has 0 aliphatic heterocycles. The van der Waals surface area contributed by atoms with E-state index in [-0.39, 0.29) is 42.7 Å². The Morgan fingerprint density at radius 1 is 0.620 bits per heavy atom. The Hall–Kier alpha value is -2.97. The maximum absolute atomic E-state index is 12.6. The summed E-state index contributed by atoms with van der Waals surface area (Å²) in [6.45, 7) is 4.51. The van der Waals surface area contributed by atoms with Gasteiger partial charge in [-0.3, -0.25) is 9.59 Å². The third-order valence-corrected chi connectivity index (χ3v) is 8.31. The summed E-state index contributed by atoms with van der Waals surface area (Å²) in [5.74, 6) is -1.53. The maximum Gasteiger partial charge on any atom is 0.362 e. The van der Waals surface area contributed by atoms with E-state index in [1.165, 1.54) is 51.4 Å². The van der Waals surface area contributed by atoms with Crippen LogP contribution in [0.25, 0.3) is 0 Å². The first-order valence-corrected chi connectivity index (χ1v) is 19.4. The normalized spacial score (nSPS) is 13.7. The summed E-state index contributed by atoms with van der Waals surface area (Å²) >= 11 is 0. The predicted molar refractivity (Wildman–Crippen MR) is 206 cm³/mol. The second-order valence-corrected chi connectivity index (χ2v) is 13.9. The number of unbranched alkanes of at least 4 members (excludes halogenated alkanes) is 13. The predicted octanol–water partition coefficient (Wildman–Crippen LogP) is 9.85. The van der Waals surface area contributed by atoms with E-state index in [0.29, 0.717) is 19.3 Å². The lowest BCUT2D eigenvalue weighted by Gasteiger charge is -2.31. The monoisotopic (exact) mass is 703 g/mol. The number of esters is 2. The van der Waals surface area contributed by atoms with Crippen LogP contribution in [0.15, 0.2) is 60.8 Å². The molecular formula is C42H72NO7+. The molecule has 8 nitrogen and oxygen atoms in total. The van der Waals surface area contributed by atoms with E-state index in [9.17, 15) is 19.5 Å². The maximum atomic E-state index is 12.6. The lowest BCUT2D eigenvalue weighted by atomic mass is 10.1. The van der Waals surface area contributed by atoms with Crippen LogP contribution in [0.2, 0.25) is 0 Å². The number of ether oxygens (including phenoxy) is 3. The van der Waals surface area contributed by atoms with E-state index in [4.69, 9.17) is 14.2 Å². The summed E-state index contributed by atoms with van der Waals surface area (Å²) < 4.78 is 17.1. The van der Waals surface area contributed by atoms with Crippen molar-refractivity contribution in [3.05, 3.63) is 60.8 Å². The number of likely N-dealkylation sites (N-methyl/N-ethyl adjacent to an activating group) is 1. The van der Waals surface area contributed by atoms with Gasteiger partial charge in [0.2, 0.25) is 0 Å². The van der Waals surface area contributed by atoms with Crippen LogP contribution in [-0.4, -0.2) is 80.6 Å². The molecule has 2 unspecified atom stereocenters. The fraction of sp³-hybridized carbons (Fsp3) is 0.690. The van der Waals surface area contributed by atoms with Gasteiger partial charge in [0.1, 0.15) is 6.61 Å². The lowest BCUT2D eigenvalue weighted by molar-refractivity contribution is -0.887. The van der Waals surface area contributed by atoms with Crippen molar-refractivity contribution in [1.82, 2.24) is 0 Å². The molecular weight excluding hydrogens is 630 g/mol. The number of allylic oxidation sites excluding steroid dienone is 10. The molecule has 0 spiro atoms. The number of carbonyl (C=O) groups excluding carboxylic acids is 2. The molecule has 2 atom stereocenters. The number of carboxylic acids is 1. The molecule has 50 heavy (non-hydrogen) atoms. The zero-order chi connectivity index (χ0) is 37.1. The van der Waals surface area contributed by atoms with Crippen LogP contribution in [0, 0.1) is 0 Å². The highest BCUT2D eigenvalue weighted by atomic mass is 16.6. The fourth-order valence-electron chi connectivity index (χ4n) is 5.29. The van der Waals surface area contributed by atoms with Crippen molar-refractivity contribution in [1.29, 1.82) is 0 Å². The van der Waals surface area contributed by atoms with Crippen molar-refractivity contribution in [3.8, 4) is 0 Å². The number of nitrogens with zero attached hydrogens (tertiary/aromatic N) is 1. The van der Waals surface area contributed by atoms with Gasteiger partial charge in [0, 0.05) is 19.3 Å². The number of hydrogen-bond acceptors (Lipinski definition) is 6. The third-order valence-electron chi connectivity index (χ3n) is 8.31. The Labute approximate surface area is 305 Å². The van der Waals surface area contributed by atoms with Crippen LogP contribution < -0.4 is 0 Å². The Morgan fingerprint density at radius 3 is 1.66 bits per heavy atom. The van der Waals surface area contributed by atoms with Gasteiger partial charge in [0.15, 0.2) is 12.1 Å². The first-order valence-electron chi connectivity index (χ1n) is 19.4. The van der Waals surface area contributed by atoms with Crippen LogP contribution in [0.5, 0.6) is 0 Å². The van der Waals surface area contributed by atoms with Gasteiger partial charge in [0.25, 0.3) is 0 Å². The summed E-state index contributed by atoms with van der Waals surface area (Å²) in [5.41, 5.74) is 0. The summed E-state index contributed by atoms with van der Waals surface area (Å²) in [7, 11) is 5.49. The van der Waals surface area contributed by atoms with Crippen molar-refractivity contribution >= 4 is 17.9 Å². The van der Waals surface area contributed by atoms with E-state index < -0.39 is 18.1 Å². The van der Waals surface area contributed by atoms with Crippen molar-refractivity contribution in [3.63, 3.8) is 0 Å². The Kier molecular flexibility index (Phi) is 31.2. The second-order valence-electron chi connectivity index (χ2n) is 13.9. The lowest BCUT2D eigenvalue weighted by Crippen LogP contribution is -2.50. The van der Waals surface area contributed by atoms with E-state index in [1.54, 1.807) is 0 Å². The van der Waals surface area contributed by atoms with Crippen LogP contribution in [-0.2, 0) is 28.6 Å². The number of aliphatic carboxylic acids is 1. The van der Waals surface area contributed by atoms with E-state index in [0.717, 1.165) is 44.9 Å². The number of carboxylic acid groups (broad SMARTS) is 1. The number of carbonyl (C=O) groups is 3. The molecule has 0 radical (unpaired) electrons. The SMILES string of the molecule is CC/C=C/C=C/C=C/C=C/C=C/CCCCCC(=O)OC(COCCC(C(=O)O)[N+](C)(C)C)COC(=O)CCCCCCCCCCCCC. The first-order chi connectivity index (χ1) is 24.1. The van der Waals surface area contributed by atoms with Gasteiger partial charge >= 0.3 is 17.9 Å². The molecule has 0 aliphatic rings. The minimum Gasteiger partial charge on any atom is -0.477 e. The largest absolute Gasteiger partial charge is 0.477 e. The van der Waals surface area contributed by atoms with Crippen molar-refractivity contribution in [2.24, 2.45) is 0 Å². The highest BCUT2D eigenvalue weighted by molar-refractivity contribution is 5.72. The van der Waals surface area contributed by atoms with Crippen LogP contribution in [0.3, 0.4) is 0 Å². The van der Waals surface area contributed by atoms with Crippen LogP contribution in [0.1, 0.15) is 136 Å². The zero-order valence-electron chi connectivity index (χ0n) is 32.3. The van der Waals surface area contributed by atoms with Crippen molar-refractivity contribution in [2.45, 2.75) is 148 Å². The molecule has 1 N–H and O–H groups in total. The second kappa shape index (κ2) is 33.2. The van der Waals surface area contributed by atoms with Gasteiger partial charge in [-0.2, -0.15) is 0 Å². The van der Waals surface area contributed by atoms with E-state index in [2.05, 4.69) is 26.0 Å². The molecule has 0 saturated carbocycles. The molecule has 0 aliphatic carbocycles. The molecule has 0 aromatic carbocycles. The minimum atomic E-state index is -0.885. The van der Waals surface area contributed by atoms with Crippen molar-refractivity contribution in [2.75, 3.05) is 41.0 Å². The number of rotatable bonds is 33. The third kappa shape index (κ3) is 31.0. The summed E-state index contributed by atoms with van der Waals surface area (Å²) in [6.07, 6.45) is 38.3. The molecule has 0 amide bonds. The minimum absolute atomic E-state index is 0.0423. The molecule has 0 heterocycles. The quantitative estimate of drug-likeness (QED) is 0.0315. The zero-order valence-corrected chi connectivity index (χ0v) is 32.3. The van der Waals surface area contributed by atoms with Gasteiger partial charge in [-0.25, -0.2) is 4.79 Å². The average Bonchev–Trinajstić information content (AvgIpc) is 3.06.